The van der Waals surface area contributed by atoms with Crippen LogP contribution in [-0.4, -0.2) is 51.4 Å². The Balaban J connectivity index is 2.12. The summed E-state index contributed by atoms with van der Waals surface area (Å²) < 4.78 is 26.9. The monoisotopic (exact) mass is 331 g/mol. The Morgan fingerprint density at radius 3 is 2.81 bits per heavy atom. The lowest BCUT2D eigenvalue weighted by atomic mass is 10.2. The van der Waals surface area contributed by atoms with Crippen LogP contribution >= 0.6 is 11.3 Å². The molecule has 118 valence electrons. The average Bonchev–Trinajstić information content (AvgIpc) is 3.07. The van der Waals surface area contributed by atoms with Crippen molar-refractivity contribution in [2.45, 2.75) is 30.0 Å². The minimum absolute atomic E-state index is 0.209. The number of nitrogens with one attached hydrogen (secondary N) is 2. The van der Waals surface area contributed by atoms with Gasteiger partial charge < -0.3 is 10.6 Å². The first-order valence-corrected chi connectivity index (χ1v) is 9.23. The summed E-state index contributed by atoms with van der Waals surface area (Å²) in [5.74, 6) is -0.209. The summed E-state index contributed by atoms with van der Waals surface area (Å²) in [5.41, 5.74) is 0. The van der Waals surface area contributed by atoms with Gasteiger partial charge in [0.25, 0.3) is 10.0 Å². The average molecular weight is 331 g/mol. The summed E-state index contributed by atoms with van der Waals surface area (Å²) in [6.45, 7) is 3.44. The third-order valence-corrected chi connectivity index (χ3v) is 6.84. The van der Waals surface area contributed by atoms with Gasteiger partial charge in [-0.25, -0.2) is 8.42 Å². The van der Waals surface area contributed by atoms with Crippen LogP contribution in [0.2, 0.25) is 0 Å². The van der Waals surface area contributed by atoms with Crippen molar-refractivity contribution in [3.05, 3.63) is 17.0 Å². The Hall–Kier alpha value is -0.960. The molecule has 1 unspecified atom stereocenters. The Morgan fingerprint density at radius 2 is 2.19 bits per heavy atom. The first kappa shape index (κ1) is 16.4. The van der Waals surface area contributed by atoms with E-state index in [1.54, 1.807) is 19.2 Å². The summed E-state index contributed by atoms with van der Waals surface area (Å²) in [5, 5.41) is 5.72. The molecule has 6 nitrogen and oxygen atoms in total. The van der Waals surface area contributed by atoms with Crippen molar-refractivity contribution in [2.75, 3.05) is 26.7 Å². The lowest BCUT2D eigenvalue weighted by Gasteiger charge is -2.22. The Labute approximate surface area is 129 Å². The molecule has 0 radical (unpaired) electrons. The van der Waals surface area contributed by atoms with Crippen LogP contribution in [0.25, 0.3) is 0 Å². The lowest BCUT2D eigenvalue weighted by molar-refractivity contribution is -0.124. The van der Waals surface area contributed by atoms with Crippen LogP contribution in [-0.2, 0) is 14.8 Å². The number of nitrogens with zero attached hydrogens (tertiary/aromatic N) is 1. The standard InChI is InChI=1S/C13H21N3O3S2/c1-10-5-6-12(20-10)21(18,19)16-9-3-4-11(16)13(17)15-8-7-14-2/h5-6,11,14H,3-4,7-9H2,1-2H3,(H,15,17). The second-order valence-corrected chi connectivity index (χ2v) is 8.44. The van der Waals surface area contributed by atoms with E-state index in [9.17, 15) is 13.2 Å². The van der Waals surface area contributed by atoms with Gasteiger partial charge in [-0.05, 0) is 38.9 Å². The minimum atomic E-state index is -3.57. The van der Waals surface area contributed by atoms with Gasteiger partial charge in [0.15, 0.2) is 0 Å². The number of carbonyl (C=O) groups excluding carboxylic acids is 1. The molecular formula is C13H21N3O3S2. The predicted octanol–water partition coefficient (Wildman–Crippen LogP) is 0.545. The molecule has 1 saturated heterocycles. The van der Waals surface area contributed by atoms with Crippen molar-refractivity contribution in [1.29, 1.82) is 0 Å². The molecular weight excluding hydrogens is 310 g/mol. The van der Waals surface area contributed by atoms with Crippen molar-refractivity contribution < 1.29 is 13.2 Å². The van der Waals surface area contributed by atoms with E-state index in [1.165, 1.54) is 15.6 Å². The summed E-state index contributed by atoms with van der Waals surface area (Å²) in [6.07, 6.45) is 1.29. The highest BCUT2D eigenvalue weighted by atomic mass is 32.2. The Bertz CT molecular complexity index is 598. The van der Waals surface area contributed by atoms with Crippen molar-refractivity contribution in [1.82, 2.24) is 14.9 Å². The number of rotatable bonds is 6. The number of thiophene rings is 1. The van der Waals surface area contributed by atoms with Gasteiger partial charge in [0.2, 0.25) is 5.91 Å². The highest BCUT2D eigenvalue weighted by molar-refractivity contribution is 7.91. The van der Waals surface area contributed by atoms with Gasteiger partial charge in [-0.2, -0.15) is 4.31 Å². The van der Waals surface area contributed by atoms with Crippen LogP contribution in [0.1, 0.15) is 17.7 Å². The van der Waals surface area contributed by atoms with Gasteiger partial charge in [0.1, 0.15) is 10.3 Å². The van der Waals surface area contributed by atoms with E-state index < -0.39 is 16.1 Å². The van der Waals surface area contributed by atoms with Crippen LogP contribution in [0.3, 0.4) is 0 Å². The Kier molecular flexibility index (Phi) is 5.37. The zero-order valence-electron chi connectivity index (χ0n) is 12.3. The maximum atomic E-state index is 12.6. The van der Waals surface area contributed by atoms with Crippen LogP contribution in [0.5, 0.6) is 0 Å². The van der Waals surface area contributed by atoms with E-state index in [1.807, 2.05) is 6.92 Å². The highest BCUT2D eigenvalue weighted by Gasteiger charge is 2.39. The molecule has 0 saturated carbocycles. The number of sulfonamides is 1. The topological polar surface area (TPSA) is 78.5 Å². The molecule has 2 rings (SSSR count). The summed E-state index contributed by atoms with van der Waals surface area (Å²) in [7, 11) is -1.76. The minimum Gasteiger partial charge on any atom is -0.353 e. The number of likely N-dealkylation sites (N-methyl/N-ethyl adjacent to an activating group) is 1. The van der Waals surface area contributed by atoms with E-state index in [0.29, 0.717) is 36.7 Å². The summed E-state index contributed by atoms with van der Waals surface area (Å²) >= 11 is 1.25. The predicted molar refractivity (Wildman–Crippen MR) is 82.9 cm³/mol. The number of aryl methyl sites for hydroxylation is 1. The van der Waals surface area contributed by atoms with Crippen LogP contribution in [0.15, 0.2) is 16.3 Å². The molecule has 2 heterocycles. The van der Waals surface area contributed by atoms with Gasteiger partial charge in [-0.3, -0.25) is 4.79 Å². The largest absolute Gasteiger partial charge is 0.353 e. The smallest absolute Gasteiger partial charge is 0.253 e. The van der Waals surface area contributed by atoms with Crippen LogP contribution in [0, 0.1) is 6.92 Å². The quantitative estimate of drug-likeness (QED) is 0.746. The molecule has 8 heteroatoms. The van der Waals surface area contributed by atoms with Crippen LogP contribution < -0.4 is 10.6 Å². The second-order valence-electron chi connectivity index (χ2n) is 5.03. The van der Waals surface area contributed by atoms with Crippen LogP contribution in [0.4, 0.5) is 0 Å². The molecule has 1 amide bonds. The molecule has 1 aliphatic rings. The number of hydrogen-bond acceptors (Lipinski definition) is 5. The maximum Gasteiger partial charge on any atom is 0.253 e. The molecule has 0 spiro atoms. The summed E-state index contributed by atoms with van der Waals surface area (Å²) in [6, 6.07) is 2.81. The van der Waals surface area contributed by atoms with E-state index in [-0.39, 0.29) is 5.91 Å². The van der Waals surface area contributed by atoms with Gasteiger partial charge in [-0.15, -0.1) is 11.3 Å². The van der Waals surface area contributed by atoms with Crippen molar-refractivity contribution >= 4 is 27.3 Å². The molecule has 1 aromatic rings. The zero-order valence-corrected chi connectivity index (χ0v) is 13.9. The third kappa shape index (κ3) is 3.63. The first-order chi connectivity index (χ1) is 9.96. The van der Waals surface area contributed by atoms with Gasteiger partial charge in [-0.1, -0.05) is 0 Å². The van der Waals surface area contributed by atoms with Crippen molar-refractivity contribution in [3.63, 3.8) is 0 Å². The molecule has 0 bridgehead atoms. The summed E-state index contributed by atoms with van der Waals surface area (Å²) in [4.78, 5) is 13.1. The zero-order chi connectivity index (χ0) is 15.5. The Morgan fingerprint density at radius 1 is 1.43 bits per heavy atom. The van der Waals surface area contributed by atoms with Gasteiger partial charge >= 0.3 is 0 Å². The van der Waals surface area contributed by atoms with Gasteiger partial charge in [0.05, 0.1) is 0 Å². The third-order valence-electron chi connectivity index (χ3n) is 3.46. The highest BCUT2D eigenvalue weighted by Crippen LogP contribution is 2.30. The molecule has 1 atom stereocenters. The normalized spacial score (nSPS) is 19.8. The molecule has 0 aromatic carbocycles. The number of hydrogen-bond donors (Lipinski definition) is 2. The second kappa shape index (κ2) is 6.87. The van der Waals surface area contributed by atoms with Gasteiger partial charge in [0, 0.05) is 24.5 Å². The molecule has 0 aliphatic carbocycles. The molecule has 1 aromatic heterocycles. The lowest BCUT2D eigenvalue weighted by Crippen LogP contribution is -2.46. The molecule has 1 fully saturated rings. The van der Waals surface area contributed by atoms with Crippen molar-refractivity contribution in [2.24, 2.45) is 0 Å². The SMILES string of the molecule is CNCCNC(=O)C1CCCN1S(=O)(=O)c1ccc(C)s1. The van der Waals surface area contributed by atoms with Crippen molar-refractivity contribution in [3.8, 4) is 0 Å². The van der Waals surface area contributed by atoms with E-state index in [4.69, 9.17) is 0 Å². The fourth-order valence-electron chi connectivity index (χ4n) is 2.38. The molecule has 1 aliphatic heterocycles. The number of amides is 1. The van der Waals surface area contributed by atoms with E-state index >= 15 is 0 Å². The maximum absolute atomic E-state index is 12.6. The fraction of sp³-hybridized carbons (Fsp3) is 0.615. The first-order valence-electron chi connectivity index (χ1n) is 6.97. The molecule has 21 heavy (non-hydrogen) atoms. The fourth-order valence-corrected chi connectivity index (χ4v) is 5.45. The van der Waals surface area contributed by atoms with E-state index in [2.05, 4.69) is 10.6 Å². The van der Waals surface area contributed by atoms with E-state index in [0.717, 1.165) is 4.88 Å². The number of carbonyl (C=O) groups is 1. The molecule has 2 N–H and O–H groups in total.